The summed E-state index contributed by atoms with van der Waals surface area (Å²) in [6.45, 7) is 2.15. The molecule has 29 heavy (non-hydrogen) atoms. The summed E-state index contributed by atoms with van der Waals surface area (Å²) in [6, 6.07) is 13.9. The van der Waals surface area contributed by atoms with Crippen molar-refractivity contribution in [3.05, 3.63) is 77.2 Å². The van der Waals surface area contributed by atoms with E-state index in [0.717, 1.165) is 0 Å². The van der Waals surface area contributed by atoms with Gasteiger partial charge in [0.2, 0.25) is 10.0 Å². The maximum atomic E-state index is 12.6. The Morgan fingerprint density at radius 1 is 1.14 bits per heavy atom. The van der Waals surface area contributed by atoms with Crippen LogP contribution in [0.5, 0.6) is 5.75 Å². The first-order valence-electron chi connectivity index (χ1n) is 8.75. The molecule has 0 unspecified atom stereocenters. The molecule has 1 heterocycles. The van der Waals surface area contributed by atoms with E-state index in [0.29, 0.717) is 28.7 Å². The number of hydrogen-bond donors (Lipinski definition) is 2. The molecule has 0 aliphatic carbocycles. The Labute approximate surface area is 173 Å². The van der Waals surface area contributed by atoms with Gasteiger partial charge >= 0.3 is 0 Å². The second kappa shape index (κ2) is 9.13. The normalized spacial score (nSPS) is 11.2. The summed E-state index contributed by atoms with van der Waals surface area (Å²) < 4.78 is 38.3. The van der Waals surface area contributed by atoms with E-state index in [1.807, 2.05) is 0 Å². The minimum absolute atomic E-state index is 0.00894. The number of carbonyl (C=O) groups is 1. The number of halogens is 1. The summed E-state index contributed by atoms with van der Waals surface area (Å²) in [5.41, 5.74) is 0.619. The van der Waals surface area contributed by atoms with Gasteiger partial charge in [-0.15, -0.1) is 0 Å². The van der Waals surface area contributed by atoms with E-state index in [2.05, 4.69) is 10.0 Å². The molecule has 0 aliphatic rings. The Hall–Kier alpha value is -2.81. The van der Waals surface area contributed by atoms with Crippen molar-refractivity contribution in [2.24, 2.45) is 0 Å². The van der Waals surface area contributed by atoms with Gasteiger partial charge in [0.25, 0.3) is 5.91 Å². The third-order valence-corrected chi connectivity index (χ3v) is 5.58. The van der Waals surface area contributed by atoms with Gasteiger partial charge in [0, 0.05) is 10.6 Å². The minimum Gasteiger partial charge on any atom is -0.492 e. The van der Waals surface area contributed by atoms with Crippen LogP contribution in [0.25, 0.3) is 0 Å². The lowest BCUT2D eigenvalue weighted by Crippen LogP contribution is -2.23. The number of carbonyl (C=O) groups excluding carboxylic acids is 1. The van der Waals surface area contributed by atoms with E-state index < -0.39 is 15.9 Å². The molecule has 0 aliphatic heterocycles. The van der Waals surface area contributed by atoms with Crippen molar-refractivity contribution in [2.45, 2.75) is 18.4 Å². The van der Waals surface area contributed by atoms with Gasteiger partial charge in [-0.3, -0.25) is 4.79 Å². The molecule has 0 fully saturated rings. The lowest BCUT2D eigenvalue weighted by atomic mass is 10.2. The summed E-state index contributed by atoms with van der Waals surface area (Å²) in [6.07, 6.45) is 1.46. The minimum atomic E-state index is -3.83. The second-order valence-electron chi connectivity index (χ2n) is 5.96. The number of benzene rings is 2. The highest BCUT2D eigenvalue weighted by atomic mass is 35.5. The molecule has 3 aromatic rings. The monoisotopic (exact) mass is 434 g/mol. The van der Waals surface area contributed by atoms with Gasteiger partial charge in [-0.25, -0.2) is 13.1 Å². The summed E-state index contributed by atoms with van der Waals surface area (Å²) in [7, 11) is -3.83. The Morgan fingerprint density at radius 3 is 2.55 bits per heavy atom. The van der Waals surface area contributed by atoms with E-state index in [1.54, 1.807) is 43.3 Å². The lowest BCUT2D eigenvalue weighted by molar-refractivity contribution is 0.102. The fraction of sp³-hybridized carbons (Fsp3) is 0.150. The van der Waals surface area contributed by atoms with Crippen molar-refractivity contribution in [2.75, 3.05) is 11.9 Å². The van der Waals surface area contributed by atoms with E-state index in [9.17, 15) is 13.2 Å². The molecule has 0 saturated carbocycles. The van der Waals surface area contributed by atoms with Gasteiger partial charge in [0.1, 0.15) is 11.5 Å². The number of rotatable bonds is 8. The van der Waals surface area contributed by atoms with E-state index >= 15 is 0 Å². The largest absolute Gasteiger partial charge is 0.492 e. The van der Waals surface area contributed by atoms with Crippen LogP contribution in [0.4, 0.5) is 5.69 Å². The Morgan fingerprint density at radius 2 is 1.90 bits per heavy atom. The van der Waals surface area contributed by atoms with Crippen molar-refractivity contribution >= 4 is 33.2 Å². The van der Waals surface area contributed by atoms with Crippen molar-refractivity contribution in [3.63, 3.8) is 0 Å². The Bertz CT molecular complexity index is 1080. The van der Waals surface area contributed by atoms with Gasteiger partial charge in [-0.1, -0.05) is 11.6 Å². The highest BCUT2D eigenvalue weighted by molar-refractivity contribution is 7.89. The predicted octanol–water partition coefficient (Wildman–Crippen LogP) is 4.06. The molecule has 0 radical (unpaired) electrons. The molecule has 2 aromatic carbocycles. The molecule has 7 nitrogen and oxygen atoms in total. The van der Waals surface area contributed by atoms with Crippen LogP contribution in [-0.2, 0) is 16.6 Å². The van der Waals surface area contributed by atoms with Crippen molar-refractivity contribution < 1.29 is 22.4 Å². The predicted molar refractivity (Wildman–Crippen MR) is 110 cm³/mol. The van der Waals surface area contributed by atoms with Crippen LogP contribution in [0.3, 0.4) is 0 Å². The molecule has 0 saturated heterocycles. The number of amides is 1. The van der Waals surface area contributed by atoms with Gasteiger partial charge in [0.05, 0.1) is 30.0 Å². The Kier molecular flexibility index (Phi) is 6.58. The third-order valence-electron chi connectivity index (χ3n) is 3.93. The van der Waals surface area contributed by atoms with Crippen LogP contribution in [0.1, 0.15) is 23.0 Å². The maximum absolute atomic E-state index is 12.6. The number of nitrogens with one attached hydrogen (secondary N) is 2. The van der Waals surface area contributed by atoms with E-state index in [4.69, 9.17) is 20.8 Å². The first kappa shape index (κ1) is 20.9. The van der Waals surface area contributed by atoms with Gasteiger partial charge in [0.15, 0.2) is 0 Å². The number of anilines is 1. The van der Waals surface area contributed by atoms with Crippen molar-refractivity contribution in [3.8, 4) is 5.75 Å². The zero-order valence-electron chi connectivity index (χ0n) is 15.5. The molecule has 1 amide bonds. The average molecular weight is 435 g/mol. The topological polar surface area (TPSA) is 97.6 Å². The first-order valence-corrected chi connectivity index (χ1v) is 10.6. The highest BCUT2D eigenvalue weighted by Crippen LogP contribution is 2.28. The average Bonchev–Trinajstić information content (AvgIpc) is 3.22. The van der Waals surface area contributed by atoms with Crippen LogP contribution >= 0.6 is 11.6 Å². The second-order valence-corrected chi connectivity index (χ2v) is 8.16. The van der Waals surface area contributed by atoms with Crippen molar-refractivity contribution in [1.82, 2.24) is 4.72 Å². The van der Waals surface area contributed by atoms with Crippen LogP contribution in [0, 0.1) is 0 Å². The van der Waals surface area contributed by atoms with Crippen LogP contribution in [0.2, 0.25) is 5.02 Å². The van der Waals surface area contributed by atoms with Gasteiger partial charge < -0.3 is 14.5 Å². The number of hydrogen-bond acceptors (Lipinski definition) is 5. The number of ether oxygens (including phenoxy) is 1. The van der Waals surface area contributed by atoms with Crippen molar-refractivity contribution in [1.29, 1.82) is 0 Å². The fourth-order valence-electron chi connectivity index (χ4n) is 2.51. The smallest absolute Gasteiger partial charge is 0.255 e. The SMILES string of the molecule is CCOc1ccc(S(=O)(=O)NCc2ccco2)cc1NC(=O)c1ccc(Cl)cc1. The fourth-order valence-corrected chi connectivity index (χ4v) is 3.66. The molecule has 2 N–H and O–H groups in total. The van der Waals surface area contributed by atoms with E-state index in [-0.39, 0.29) is 17.1 Å². The van der Waals surface area contributed by atoms with Gasteiger partial charge in [-0.05, 0) is 61.5 Å². The molecule has 3 rings (SSSR count). The molecular weight excluding hydrogens is 416 g/mol. The molecular formula is C20H19ClN2O5S. The van der Waals surface area contributed by atoms with E-state index in [1.165, 1.54) is 24.5 Å². The maximum Gasteiger partial charge on any atom is 0.255 e. The molecule has 152 valence electrons. The number of furan rings is 1. The summed E-state index contributed by atoms with van der Waals surface area (Å²) >= 11 is 5.85. The Balaban J connectivity index is 1.84. The lowest BCUT2D eigenvalue weighted by Gasteiger charge is -2.14. The molecule has 0 bridgehead atoms. The molecule has 9 heteroatoms. The molecule has 1 aromatic heterocycles. The van der Waals surface area contributed by atoms with Crippen LogP contribution < -0.4 is 14.8 Å². The summed E-state index contributed by atoms with van der Waals surface area (Å²) in [5.74, 6) is 0.427. The summed E-state index contributed by atoms with van der Waals surface area (Å²) in [4.78, 5) is 12.5. The standard InChI is InChI=1S/C20H19ClN2O5S/c1-2-27-19-10-9-17(29(25,26)22-13-16-4-3-11-28-16)12-18(19)23-20(24)14-5-7-15(21)8-6-14/h3-12,22H,2,13H2,1H3,(H,23,24). The van der Waals surface area contributed by atoms with Gasteiger partial charge in [-0.2, -0.15) is 0 Å². The molecule has 0 atom stereocenters. The molecule has 0 spiro atoms. The highest BCUT2D eigenvalue weighted by Gasteiger charge is 2.18. The quantitative estimate of drug-likeness (QED) is 0.557. The first-order chi connectivity index (χ1) is 13.9. The van der Waals surface area contributed by atoms with Crippen LogP contribution in [-0.4, -0.2) is 20.9 Å². The van der Waals surface area contributed by atoms with Crippen LogP contribution in [0.15, 0.2) is 70.2 Å². The zero-order valence-corrected chi connectivity index (χ0v) is 17.1. The zero-order chi connectivity index (χ0) is 20.9. The summed E-state index contributed by atoms with van der Waals surface area (Å²) in [5, 5.41) is 3.20. The number of sulfonamides is 1. The third kappa shape index (κ3) is 5.38.